The number of carboxylic acids is 1. The van der Waals surface area contributed by atoms with Crippen molar-refractivity contribution >= 4 is 5.97 Å². The molecule has 1 aromatic rings. The minimum atomic E-state index is -1.30. The number of carbonyl (C=O) groups is 1. The molecule has 0 unspecified atom stereocenters. The standard InChI is InChI=1S/C22H30O5/c1-21-10-8-16-15-7-5-14(26-2)12-13(15)4-6-17(16)18(21)9-11-22(21,25)19(27-3)20(23)24/h5,7,12,16-19,25H,4,6,8-11H2,1-3H3,(H,23,24)/t16-,17-,18+,19+,21+,22-/m1/s1. The first-order chi connectivity index (χ1) is 12.9. The molecule has 5 heteroatoms. The molecule has 2 N–H and O–H groups in total. The molecule has 4 rings (SSSR count). The van der Waals surface area contributed by atoms with Crippen LogP contribution in [0.5, 0.6) is 5.75 Å². The number of benzene rings is 1. The summed E-state index contributed by atoms with van der Waals surface area (Å²) < 4.78 is 10.7. The summed E-state index contributed by atoms with van der Waals surface area (Å²) in [6, 6.07) is 6.42. The minimum absolute atomic E-state index is 0.327. The molecule has 6 atom stereocenters. The highest BCUT2D eigenvalue weighted by atomic mass is 16.5. The Labute approximate surface area is 160 Å². The number of aliphatic hydroxyl groups is 1. The Bertz CT molecular complexity index is 746. The number of fused-ring (bicyclic) bond motifs is 5. The maximum absolute atomic E-state index is 11.7. The van der Waals surface area contributed by atoms with Crippen LogP contribution in [0.3, 0.4) is 0 Å². The first-order valence-corrected chi connectivity index (χ1v) is 10.0. The Kier molecular flexibility index (Phi) is 4.51. The third-order valence-corrected chi connectivity index (χ3v) is 8.04. The molecular weight excluding hydrogens is 344 g/mol. The largest absolute Gasteiger partial charge is 0.497 e. The number of carboxylic acid groups (broad SMARTS) is 1. The van der Waals surface area contributed by atoms with Crippen molar-refractivity contribution in [2.75, 3.05) is 14.2 Å². The first kappa shape index (κ1) is 18.8. The fraction of sp³-hybridized carbons (Fsp3) is 0.682. The molecule has 0 amide bonds. The lowest BCUT2D eigenvalue weighted by Crippen LogP contribution is -2.59. The van der Waals surface area contributed by atoms with Crippen LogP contribution in [-0.2, 0) is 16.0 Å². The van der Waals surface area contributed by atoms with E-state index in [9.17, 15) is 15.0 Å². The molecule has 0 aromatic heterocycles. The van der Waals surface area contributed by atoms with Crippen LogP contribution in [0.15, 0.2) is 18.2 Å². The van der Waals surface area contributed by atoms with Gasteiger partial charge in [-0.2, -0.15) is 0 Å². The highest BCUT2D eigenvalue weighted by Crippen LogP contribution is 2.65. The molecule has 1 aromatic carbocycles. The molecule has 0 bridgehead atoms. The van der Waals surface area contributed by atoms with Gasteiger partial charge in [-0.1, -0.05) is 13.0 Å². The van der Waals surface area contributed by atoms with Crippen LogP contribution in [0, 0.1) is 17.3 Å². The molecule has 27 heavy (non-hydrogen) atoms. The van der Waals surface area contributed by atoms with Gasteiger partial charge in [0.05, 0.1) is 7.11 Å². The van der Waals surface area contributed by atoms with E-state index < -0.39 is 23.1 Å². The lowest BCUT2D eigenvalue weighted by Gasteiger charge is -2.54. The smallest absolute Gasteiger partial charge is 0.335 e. The van der Waals surface area contributed by atoms with Gasteiger partial charge in [-0.05, 0) is 79.5 Å². The average Bonchev–Trinajstić information content (AvgIpc) is 2.93. The van der Waals surface area contributed by atoms with Crippen molar-refractivity contribution in [3.8, 4) is 5.75 Å². The van der Waals surface area contributed by atoms with E-state index in [1.807, 2.05) is 6.07 Å². The van der Waals surface area contributed by atoms with E-state index in [1.165, 1.54) is 18.2 Å². The molecule has 0 radical (unpaired) electrons. The average molecular weight is 374 g/mol. The second-order valence-corrected chi connectivity index (χ2v) is 8.85. The van der Waals surface area contributed by atoms with Crippen molar-refractivity contribution in [3.63, 3.8) is 0 Å². The molecule has 3 aliphatic carbocycles. The van der Waals surface area contributed by atoms with Gasteiger partial charge >= 0.3 is 5.97 Å². The Morgan fingerprint density at radius 2 is 2.00 bits per heavy atom. The summed E-state index contributed by atoms with van der Waals surface area (Å²) in [7, 11) is 3.09. The maximum atomic E-state index is 11.7. The van der Waals surface area contributed by atoms with Crippen molar-refractivity contribution in [1.82, 2.24) is 0 Å². The monoisotopic (exact) mass is 374 g/mol. The summed E-state index contributed by atoms with van der Waals surface area (Å²) in [6.45, 7) is 2.10. The van der Waals surface area contributed by atoms with E-state index in [0.717, 1.165) is 37.9 Å². The third-order valence-electron chi connectivity index (χ3n) is 8.04. The molecular formula is C22H30O5. The van der Waals surface area contributed by atoms with E-state index in [0.29, 0.717) is 24.2 Å². The summed E-state index contributed by atoms with van der Waals surface area (Å²) in [5, 5.41) is 21.1. The summed E-state index contributed by atoms with van der Waals surface area (Å²) in [4.78, 5) is 11.7. The van der Waals surface area contributed by atoms with Crippen LogP contribution in [0.25, 0.3) is 0 Å². The summed E-state index contributed by atoms with van der Waals surface area (Å²) in [6.07, 6.45) is 4.12. The minimum Gasteiger partial charge on any atom is -0.497 e. The number of aryl methyl sites for hydroxylation is 1. The van der Waals surface area contributed by atoms with Gasteiger partial charge in [0, 0.05) is 12.5 Å². The molecule has 0 heterocycles. The number of hydrogen-bond acceptors (Lipinski definition) is 4. The van der Waals surface area contributed by atoms with Crippen LogP contribution < -0.4 is 4.74 Å². The van der Waals surface area contributed by atoms with Crippen LogP contribution in [0.1, 0.15) is 56.1 Å². The number of aliphatic carboxylic acids is 1. The highest BCUT2D eigenvalue weighted by molar-refractivity contribution is 5.74. The Hall–Kier alpha value is -1.59. The highest BCUT2D eigenvalue weighted by Gasteiger charge is 2.65. The zero-order valence-corrected chi connectivity index (χ0v) is 16.4. The van der Waals surface area contributed by atoms with Gasteiger partial charge < -0.3 is 19.7 Å². The van der Waals surface area contributed by atoms with E-state index in [2.05, 4.69) is 19.1 Å². The van der Waals surface area contributed by atoms with E-state index in [1.54, 1.807) is 7.11 Å². The molecule has 0 aliphatic heterocycles. The third kappa shape index (κ3) is 2.54. The fourth-order valence-electron chi connectivity index (χ4n) is 6.67. The van der Waals surface area contributed by atoms with Gasteiger partial charge in [0.15, 0.2) is 6.10 Å². The Balaban J connectivity index is 1.67. The number of rotatable bonds is 4. The SMILES string of the molecule is COc1ccc2c(c1)CC[C@@H]1[C@@H]2CC[C@@]2(C)[C@H]1CC[C@@]2(O)[C@@H](OC)C(=O)O. The van der Waals surface area contributed by atoms with Gasteiger partial charge in [0.1, 0.15) is 11.4 Å². The molecule has 148 valence electrons. The maximum Gasteiger partial charge on any atom is 0.335 e. The van der Waals surface area contributed by atoms with Gasteiger partial charge in [-0.3, -0.25) is 0 Å². The second-order valence-electron chi connectivity index (χ2n) is 8.85. The normalized spacial score (nSPS) is 38.4. The van der Waals surface area contributed by atoms with Crippen LogP contribution >= 0.6 is 0 Å². The molecule has 5 nitrogen and oxygen atoms in total. The van der Waals surface area contributed by atoms with Crippen molar-refractivity contribution in [2.24, 2.45) is 17.3 Å². The van der Waals surface area contributed by atoms with E-state index in [-0.39, 0.29) is 0 Å². The molecule has 2 fully saturated rings. The van der Waals surface area contributed by atoms with E-state index >= 15 is 0 Å². The van der Waals surface area contributed by atoms with Crippen molar-refractivity contribution < 1.29 is 24.5 Å². The summed E-state index contributed by atoms with van der Waals surface area (Å²) in [5.74, 6) is 1.15. The molecule has 3 aliphatic rings. The van der Waals surface area contributed by atoms with Gasteiger partial charge in [0.2, 0.25) is 0 Å². The Morgan fingerprint density at radius 3 is 2.67 bits per heavy atom. The Morgan fingerprint density at radius 1 is 1.22 bits per heavy atom. The van der Waals surface area contributed by atoms with Crippen LogP contribution in [0.2, 0.25) is 0 Å². The predicted molar refractivity (Wildman–Crippen MR) is 101 cm³/mol. The first-order valence-electron chi connectivity index (χ1n) is 10.0. The zero-order valence-electron chi connectivity index (χ0n) is 16.4. The molecule has 0 saturated heterocycles. The second kappa shape index (κ2) is 6.49. The molecule has 2 saturated carbocycles. The predicted octanol–water partition coefficient (Wildman–Crippen LogP) is 3.38. The summed E-state index contributed by atoms with van der Waals surface area (Å²) in [5.41, 5.74) is 1.08. The number of hydrogen-bond donors (Lipinski definition) is 2. The van der Waals surface area contributed by atoms with Crippen molar-refractivity contribution in [1.29, 1.82) is 0 Å². The van der Waals surface area contributed by atoms with E-state index in [4.69, 9.17) is 9.47 Å². The number of ether oxygens (including phenoxy) is 2. The molecule has 0 spiro atoms. The van der Waals surface area contributed by atoms with Gasteiger partial charge in [-0.15, -0.1) is 0 Å². The zero-order chi connectivity index (χ0) is 19.4. The fourth-order valence-corrected chi connectivity index (χ4v) is 6.67. The quantitative estimate of drug-likeness (QED) is 0.845. The van der Waals surface area contributed by atoms with Gasteiger partial charge in [0.25, 0.3) is 0 Å². The lowest BCUT2D eigenvalue weighted by atomic mass is 9.52. The number of methoxy groups -OCH3 is 2. The van der Waals surface area contributed by atoms with Crippen molar-refractivity contribution in [3.05, 3.63) is 29.3 Å². The topological polar surface area (TPSA) is 76.0 Å². The van der Waals surface area contributed by atoms with Gasteiger partial charge in [-0.25, -0.2) is 4.79 Å². The van der Waals surface area contributed by atoms with Crippen LogP contribution in [-0.4, -0.2) is 42.1 Å². The van der Waals surface area contributed by atoms with Crippen molar-refractivity contribution in [2.45, 2.75) is 63.1 Å². The lowest BCUT2D eigenvalue weighted by molar-refractivity contribution is -0.195. The van der Waals surface area contributed by atoms with Crippen LogP contribution in [0.4, 0.5) is 0 Å². The summed E-state index contributed by atoms with van der Waals surface area (Å²) >= 11 is 0.